The van der Waals surface area contributed by atoms with E-state index < -0.39 is 0 Å². The first kappa shape index (κ1) is 21.0. The number of ether oxygens (including phenoxy) is 1. The Morgan fingerprint density at radius 2 is 1.97 bits per heavy atom. The van der Waals surface area contributed by atoms with Crippen molar-refractivity contribution < 1.29 is 9.53 Å². The number of aryl methyl sites for hydroxylation is 1. The number of morpholine rings is 1. The van der Waals surface area contributed by atoms with Gasteiger partial charge >= 0.3 is 0 Å². The number of fused-ring (bicyclic) bond motifs is 2. The van der Waals surface area contributed by atoms with Crippen LogP contribution in [0.5, 0.6) is 0 Å². The summed E-state index contributed by atoms with van der Waals surface area (Å²) in [5.41, 5.74) is 8.07. The van der Waals surface area contributed by atoms with E-state index in [2.05, 4.69) is 37.2 Å². The molecule has 5 rings (SSSR count). The van der Waals surface area contributed by atoms with E-state index in [-0.39, 0.29) is 5.91 Å². The van der Waals surface area contributed by atoms with E-state index in [0.717, 1.165) is 85.5 Å². The van der Waals surface area contributed by atoms with Gasteiger partial charge in [-0.3, -0.25) is 9.69 Å². The Balaban J connectivity index is 1.45. The van der Waals surface area contributed by atoms with E-state index in [0.29, 0.717) is 0 Å². The molecule has 1 fully saturated rings. The second kappa shape index (κ2) is 9.31. The minimum atomic E-state index is -0.0165. The van der Waals surface area contributed by atoms with Crippen LogP contribution in [0.4, 0.5) is 5.69 Å². The van der Waals surface area contributed by atoms with Crippen LogP contribution in [0.15, 0.2) is 22.7 Å². The Morgan fingerprint density at radius 3 is 2.84 bits per heavy atom. The fourth-order valence-electron chi connectivity index (χ4n) is 5.11. The fraction of sp³-hybridized carbons (Fsp3) is 0.480. The average Bonchev–Trinajstić information content (AvgIpc) is 3.14. The number of nitrogens with zero attached hydrogens (tertiary/aromatic N) is 1. The molecule has 0 spiro atoms. The van der Waals surface area contributed by atoms with Gasteiger partial charge in [-0.25, -0.2) is 0 Å². The third-order valence-electron chi connectivity index (χ3n) is 6.75. The van der Waals surface area contributed by atoms with Crippen LogP contribution in [0.1, 0.15) is 53.8 Å². The van der Waals surface area contributed by atoms with Crippen LogP contribution < -0.4 is 5.32 Å². The van der Waals surface area contributed by atoms with Crippen molar-refractivity contribution >= 4 is 39.2 Å². The fourth-order valence-corrected chi connectivity index (χ4v) is 5.48. The first-order valence-electron chi connectivity index (χ1n) is 11.5. The molecule has 1 saturated heterocycles. The zero-order chi connectivity index (χ0) is 21.2. The van der Waals surface area contributed by atoms with Gasteiger partial charge in [0.1, 0.15) is 0 Å². The lowest BCUT2D eigenvalue weighted by atomic mass is 9.98. The van der Waals surface area contributed by atoms with Crippen LogP contribution in [0.25, 0.3) is 11.6 Å². The van der Waals surface area contributed by atoms with Crippen molar-refractivity contribution in [3.05, 3.63) is 50.8 Å². The number of benzene rings is 1. The highest BCUT2D eigenvalue weighted by atomic mass is 79.9. The molecule has 1 aromatic carbocycles. The summed E-state index contributed by atoms with van der Waals surface area (Å²) in [7, 11) is 0. The summed E-state index contributed by atoms with van der Waals surface area (Å²) >= 11 is 3.55. The van der Waals surface area contributed by atoms with Crippen molar-refractivity contribution in [3.63, 3.8) is 0 Å². The number of carbonyl (C=O) groups is 1. The highest BCUT2D eigenvalue weighted by Gasteiger charge is 2.26. The van der Waals surface area contributed by atoms with E-state index >= 15 is 0 Å². The van der Waals surface area contributed by atoms with Crippen LogP contribution >= 0.6 is 15.9 Å². The maximum absolute atomic E-state index is 12.7. The Bertz CT molecular complexity index is 1000. The molecule has 1 aromatic heterocycles. The van der Waals surface area contributed by atoms with Crippen LogP contribution in [0.3, 0.4) is 0 Å². The van der Waals surface area contributed by atoms with Crippen molar-refractivity contribution in [1.29, 1.82) is 0 Å². The number of carbonyl (C=O) groups excluding carboxylic acids is 1. The molecule has 0 radical (unpaired) electrons. The maximum Gasteiger partial charge on any atom is 0.256 e. The maximum atomic E-state index is 12.7. The lowest BCUT2D eigenvalue weighted by molar-refractivity contribution is -0.110. The van der Waals surface area contributed by atoms with Crippen molar-refractivity contribution in [2.45, 2.75) is 44.9 Å². The topological polar surface area (TPSA) is 57.4 Å². The van der Waals surface area contributed by atoms with Gasteiger partial charge in [0.15, 0.2) is 0 Å². The summed E-state index contributed by atoms with van der Waals surface area (Å²) < 4.78 is 6.47. The summed E-state index contributed by atoms with van der Waals surface area (Å²) in [5, 5.41) is 3.01. The molecule has 164 valence electrons. The van der Waals surface area contributed by atoms with Gasteiger partial charge in [0.2, 0.25) is 0 Å². The number of hydrogen-bond acceptors (Lipinski definition) is 3. The highest BCUT2D eigenvalue weighted by molar-refractivity contribution is 9.10. The SMILES string of the molecule is O=C1Nc2ccc(Br)cc2/C1=C/c1[nH]c2c(c1CCCN1CCOCC1)CCCCC2. The number of hydrogen-bond donors (Lipinski definition) is 2. The first-order valence-corrected chi connectivity index (χ1v) is 12.3. The molecule has 0 bridgehead atoms. The van der Waals surface area contributed by atoms with Gasteiger partial charge < -0.3 is 15.0 Å². The number of aromatic amines is 1. The number of aromatic nitrogens is 1. The Kier molecular flexibility index (Phi) is 6.30. The van der Waals surface area contributed by atoms with Crippen LogP contribution in [-0.2, 0) is 28.8 Å². The molecule has 2 aromatic rings. The molecular formula is C25H30BrN3O2. The number of amides is 1. The summed E-state index contributed by atoms with van der Waals surface area (Å²) in [6.45, 7) is 4.87. The van der Waals surface area contributed by atoms with Crippen LogP contribution in [0, 0.1) is 0 Å². The summed E-state index contributed by atoms with van der Waals surface area (Å²) in [6.07, 6.45) is 10.3. The van der Waals surface area contributed by atoms with Crippen molar-refractivity contribution in [2.24, 2.45) is 0 Å². The third kappa shape index (κ3) is 4.52. The molecule has 1 aliphatic carbocycles. The number of H-pyrrole nitrogens is 1. The molecule has 1 amide bonds. The van der Waals surface area contributed by atoms with Crippen molar-refractivity contribution in [2.75, 3.05) is 38.2 Å². The molecule has 6 heteroatoms. The van der Waals surface area contributed by atoms with Gasteiger partial charge in [-0.05, 0) is 80.5 Å². The smallest absolute Gasteiger partial charge is 0.256 e. The molecule has 3 aliphatic rings. The molecule has 0 atom stereocenters. The molecule has 31 heavy (non-hydrogen) atoms. The second-order valence-corrected chi connectivity index (χ2v) is 9.71. The number of anilines is 1. The normalized spacial score (nSPS) is 20.4. The predicted molar refractivity (Wildman–Crippen MR) is 128 cm³/mol. The number of rotatable bonds is 5. The first-order chi connectivity index (χ1) is 15.2. The molecule has 5 nitrogen and oxygen atoms in total. The Labute approximate surface area is 192 Å². The van der Waals surface area contributed by atoms with Crippen LogP contribution in [0.2, 0.25) is 0 Å². The van der Waals surface area contributed by atoms with Gasteiger partial charge in [-0.2, -0.15) is 0 Å². The lowest BCUT2D eigenvalue weighted by Crippen LogP contribution is -2.37. The Hall–Kier alpha value is -1.89. The number of nitrogens with one attached hydrogen (secondary N) is 2. The second-order valence-electron chi connectivity index (χ2n) is 8.79. The molecule has 0 unspecified atom stereocenters. The third-order valence-corrected chi connectivity index (χ3v) is 7.24. The quantitative estimate of drug-likeness (QED) is 0.474. The zero-order valence-electron chi connectivity index (χ0n) is 17.9. The predicted octanol–water partition coefficient (Wildman–Crippen LogP) is 4.80. The van der Waals surface area contributed by atoms with Crippen LogP contribution in [-0.4, -0.2) is 48.6 Å². The summed E-state index contributed by atoms with van der Waals surface area (Å²) in [5.74, 6) is -0.0165. The van der Waals surface area contributed by atoms with Gasteiger partial charge in [0.05, 0.1) is 18.8 Å². The minimum absolute atomic E-state index is 0.0165. The highest BCUT2D eigenvalue weighted by Crippen LogP contribution is 2.36. The molecule has 2 N–H and O–H groups in total. The standard InChI is InChI=1S/C25H30BrN3O2/c26-17-8-9-23-20(15-17)21(25(30)28-23)16-24-19(6-4-10-29-11-13-31-14-12-29)18-5-2-1-3-7-22(18)27-24/h8-9,15-16,27H,1-7,10-14H2,(H,28,30)/b21-16-. The van der Waals surface area contributed by atoms with Crippen molar-refractivity contribution in [1.82, 2.24) is 9.88 Å². The number of halogens is 1. The van der Waals surface area contributed by atoms with Crippen molar-refractivity contribution in [3.8, 4) is 0 Å². The largest absolute Gasteiger partial charge is 0.379 e. The molecule has 0 saturated carbocycles. The average molecular weight is 484 g/mol. The van der Waals surface area contributed by atoms with E-state index in [9.17, 15) is 4.79 Å². The monoisotopic (exact) mass is 483 g/mol. The van der Waals surface area contributed by atoms with E-state index in [1.54, 1.807) is 0 Å². The summed E-state index contributed by atoms with van der Waals surface area (Å²) in [6, 6.07) is 5.96. The van der Waals surface area contributed by atoms with E-state index in [1.165, 1.54) is 36.1 Å². The molecular weight excluding hydrogens is 454 g/mol. The van der Waals surface area contributed by atoms with E-state index in [1.807, 2.05) is 18.2 Å². The van der Waals surface area contributed by atoms with Gasteiger partial charge in [0.25, 0.3) is 5.91 Å². The summed E-state index contributed by atoms with van der Waals surface area (Å²) in [4.78, 5) is 19.0. The van der Waals surface area contributed by atoms with Gasteiger partial charge in [-0.15, -0.1) is 0 Å². The van der Waals surface area contributed by atoms with E-state index in [4.69, 9.17) is 4.74 Å². The minimum Gasteiger partial charge on any atom is -0.379 e. The van der Waals surface area contributed by atoms with Gasteiger partial charge in [-0.1, -0.05) is 22.4 Å². The Morgan fingerprint density at radius 1 is 1.13 bits per heavy atom. The molecule has 2 aliphatic heterocycles. The molecule has 3 heterocycles. The lowest BCUT2D eigenvalue weighted by Gasteiger charge is -2.26. The van der Waals surface area contributed by atoms with Gasteiger partial charge in [0, 0.05) is 40.2 Å². The zero-order valence-corrected chi connectivity index (χ0v) is 19.5.